The highest BCUT2D eigenvalue weighted by Crippen LogP contribution is 2.20. The molecule has 4 aromatic carbocycles. The van der Waals surface area contributed by atoms with Gasteiger partial charge in [0.1, 0.15) is 0 Å². The number of anilines is 2. The molecule has 2 nitrogen and oxygen atoms in total. The van der Waals surface area contributed by atoms with Gasteiger partial charge in [-0.15, -0.1) is 0 Å². The first-order valence-electron chi connectivity index (χ1n) is 16.3. The highest BCUT2D eigenvalue weighted by molar-refractivity contribution is 5.46. The Balaban J connectivity index is 0.980. The van der Waals surface area contributed by atoms with E-state index in [0.717, 1.165) is 24.2 Å². The third-order valence-corrected chi connectivity index (χ3v) is 8.75. The second kappa shape index (κ2) is 16.8. The van der Waals surface area contributed by atoms with Gasteiger partial charge < -0.3 is 11.5 Å². The summed E-state index contributed by atoms with van der Waals surface area (Å²) in [4.78, 5) is 0. The van der Waals surface area contributed by atoms with Crippen molar-refractivity contribution in [2.45, 2.75) is 104 Å². The van der Waals surface area contributed by atoms with Crippen molar-refractivity contribution in [1.82, 2.24) is 0 Å². The maximum atomic E-state index is 5.89. The minimum atomic E-state index is 0.845. The Labute approximate surface area is 255 Å². The lowest BCUT2D eigenvalue weighted by molar-refractivity contribution is 0.551. The van der Waals surface area contributed by atoms with Crippen LogP contribution in [0.25, 0.3) is 0 Å². The Hall–Kier alpha value is -3.52. The molecule has 0 heterocycles. The minimum absolute atomic E-state index is 0.845. The zero-order valence-electron chi connectivity index (χ0n) is 26.1. The summed E-state index contributed by atoms with van der Waals surface area (Å²) in [6, 6.07) is 30.9. The molecule has 0 saturated carbocycles. The summed E-state index contributed by atoms with van der Waals surface area (Å²) < 4.78 is 0. The van der Waals surface area contributed by atoms with Crippen LogP contribution in [0.5, 0.6) is 0 Å². The summed E-state index contributed by atoms with van der Waals surface area (Å²) in [5, 5.41) is 0. The van der Waals surface area contributed by atoms with Crippen LogP contribution in [-0.2, 0) is 25.7 Å². The average Bonchev–Trinajstić information content (AvgIpc) is 2.98. The summed E-state index contributed by atoms with van der Waals surface area (Å²) >= 11 is 0. The molecule has 0 radical (unpaired) electrons. The van der Waals surface area contributed by atoms with Crippen molar-refractivity contribution < 1.29 is 0 Å². The maximum Gasteiger partial charge on any atom is 0.0316 e. The fourth-order valence-corrected chi connectivity index (χ4v) is 5.99. The number of nitrogen functional groups attached to an aromatic ring is 2. The molecule has 0 aliphatic carbocycles. The molecular formula is C40H52N2. The predicted molar refractivity (Wildman–Crippen MR) is 183 cm³/mol. The van der Waals surface area contributed by atoms with E-state index in [0.29, 0.717) is 0 Å². The second-order valence-electron chi connectivity index (χ2n) is 12.4. The number of hydrogen-bond donors (Lipinski definition) is 2. The summed E-state index contributed by atoms with van der Waals surface area (Å²) in [6.45, 7) is 4.29. The van der Waals surface area contributed by atoms with Crippen LogP contribution >= 0.6 is 0 Å². The van der Waals surface area contributed by atoms with Gasteiger partial charge in [-0.3, -0.25) is 0 Å². The topological polar surface area (TPSA) is 52.0 Å². The van der Waals surface area contributed by atoms with Crippen molar-refractivity contribution in [3.8, 4) is 0 Å². The molecule has 42 heavy (non-hydrogen) atoms. The van der Waals surface area contributed by atoms with Crippen LogP contribution in [-0.4, -0.2) is 0 Å². The van der Waals surface area contributed by atoms with E-state index in [1.807, 2.05) is 12.1 Å². The molecule has 0 unspecified atom stereocenters. The zero-order chi connectivity index (χ0) is 29.6. The largest absolute Gasteiger partial charge is 0.399 e. The summed E-state index contributed by atoms with van der Waals surface area (Å²) in [6.07, 6.45) is 18.0. The van der Waals surface area contributed by atoms with Crippen molar-refractivity contribution >= 4 is 11.4 Å². The number of nitrogens with two attached hydrogens (primary N) is 2. The van der Waals surface area contributed by atoms with E-state index in [-0.39, 0.29) is 0 Å². The molecule has 0 amide bonds. The number of hydrogen-bond acceptors (Lipinski definition) is 2. The average molecular weight is 561 g/mol. The number of benzene rings is 4. The van der Waals surface area contributed by atoms with Crippen LogP contribution in [0.3, 0.4) is 0 Å². The molecule has 0 aromatic heterocycles. The van der Waals surface area contributed by atoms with Crippen molar-refractivity contribution in [2.75, 3.05) is 11.5 Å². The Morgan fingerprint density at radius 1 is 0.381 bits per heavy atom. The Bertz CT molecular complexity index is 1240. The van der Waals surface area contributed by atoms with E-state index in [4.69, 9.17) is 11.5 Å². The minimum Gasteiger partial charge on any atom is -0.399 e. The number of unbranched alkanes of at least 4 members (excludes halogenated alkanes) is 9. The third kappa shape index (κ3) is 10.7. The molecule has 4 rings (SSSR count). The van der Waals surface area contributed by atoms with Crippen molar-refractivity contribution in [2.24, 2.45) is 0 Å². The van der Waals surface area contributed by atoms with Gasteiger partial charge in [-0.05, 0) is 121 Å². The van der Waals surface area contributed by atoms with Gasteiger partial charge in [-0.1, -0.05) is 112 Å². The predicted octanol–water partition coefficient (Wildman–Crippen LogP) is 10.3. The third-order valence-electron chi connectivity index (χ3n) is 8.75. The standard InChI is InChI=1S/C40H52N2/c1-31-27-39(41)25-23-37(31)29-35-19-15-33(16-20-35)13-11-9-7-5-3-4-6-8-10-12-14-34-17-21-36(22-18-34)30-38-24-26-40(42)28-32(38)2/h15-28H,3-14,29-30,41-42H2,1-2H3. The summed E-state index contributed by atoms with van der Waals surface area (Å²) in [5.41, 5.74) is 24.4. The van der Waals surface area contributed by atoms with Crippen molar-refractivity contribution in [3.63, 3.8) is 0 Å². The van der Waals surface area contributed by atoms with Gasteiger partial charge in [0, 0.05) is 11.4 Å². The highest BCUT2D eigenvalue weighted by Gasteiger charge is 2.04. The Morgan fingerprint density at radius 2 is 0.690 bits per heavy atom. The van der Waals surface area contributed by atoms with Crippen LogP contribution < -0.4 is 11.5 Å². The van der Waals surface area contributed by atoms with Gasteiger partial charge in [-0.25, -0.2) is 0 Å². The van der Waals surface area contributed by atoms with Crippen LogP contribution in [0, 0.1) is 13.8 Å². The molecule has 222 valence electrons. The highest BCUT2D eigenvalue weighted by atomic mass is 14.5. The van der Waals surface area contributed by atoms with Gasteiger partial charge >= 0.3 is 0 Å². The Kier molecular flexibility index (Phi) is 12.6. The fraction of sp³-hybridized carbons (Fsp3) is 0.400. The molecule has 4 aromatic rings. The molecule has 4 N–H and O–H groups in total. The van der Waals surface area contributed by atoms with Gasteiger partial charge in [-0.2, -0.15) is 0 Å². The normalized spacial score (nSPS) is 11.2. The first kappa shape index (κ1) is 31.4. The number of aryl methyl sites for hydroxylation is 4. The monoisotopic (exact) mass is 560 g/mol. The second-order valence-corrected chi connectivity index (χ2v) is 12.4. The maximum absolute atomic E-state index is 5.89. The van der Waals surface area contributed by atoms with E-state index in [1.54, 1.807) is 0 Å². The molecule has 0 saturated heterocycles. The quantitative estimate of drug-likeness (QED) is 0.0997. The fourth-order valence-electron chi connectivity index (χ4n) is 5.99. The molecule has 0 atom stereocenters. The first-order chi connectivity index (χ1) is 20.5. The lowest BCUT2D eigenvalue weighted by atomic mass is 9.98. The summed E-state index contributed by atoms with van der Waals surface area (Å²) in [7, 11) is 0. The Morgan fingerprint density at radius 3 is 1.02 bits per heavy atom. The van der Waals surface area contributed by atoms with Crippen LogP contribution in [0.15, 0.2) is 84.9 Å². The van der Waals surface area contributed by atoms with Crippen molar-refractivity contribution in [3.05, 3.63) is 129 Å². The van der Waals surface area contributed by atoms with Crippen LogP contribution in [0.2, 0.25) is 0 Å². The molecule has 0 fully saturated rings. The number of rotatable bonds is 17. The molecule has 0 aliphatic heterocycles. The lowest BCUT2D eigenvalue weighted by Gasteiger charge is -2.08. The van der Waals surface area contributed by atoms with Gasteiger partial charge in [0.25, 0.3) is 0 Å². The van der Waals surface area contributed by atoms with Gasteiger partial charge in [0.15, 0.2) is 0 Å². The van der Waals surface area contributed by atoms with E-state index in [1.165, 1.54) is 122 Å². The molecule has 0 spiro atoms. The SMILES string of the molecule is Cc1cc(N)ccc1Cc1ccc(CCCCCCCCCCCCc2ccc(Cc3ccc(N)cc3C)cc2)cc1. The molecular weight excluding hydrogens is 508 g/mol. The first-order valence-corrected chi connectivity index (χ1v) is 16.3. The molecule has 0 aliphatic rings. The van der Waals surface area contributed by atoms with Crippen LogP contribution in [0.4, 0.5) is 11.4 Å². The summed E-state index contributed by atoms with van der Waals surface area (Å²) in [5.74, 6) is 0. The lowest BCUT2D eigenvalue weighted by Crippen LogP contribution is -1.95. The van der Waals surface area contributed by atoms with Crippen molar-refractivity contribution in [1.29, 1.82) is 0 Å². The molecule has 0 bridgehead atoms. The zero-order valence-corrected chi connectivity index (χ0v) is 26.1. The molecule has 2 heteroatoms. The van der Waals surface area contributed by atoms with Gasteiger partial charge in [0.2, 0.25) is 0 Å². The van der Waals surface area contributed by atoms with E-state index < -0.39 is 0 Å². The van der Waals surface area contributed by atoms with E-state index in [9.17, 15) is 0 Å². The van der Waals surface area contributed by atoms with Gasteiger partial charge in [0.05, 0.1) is 0 Å². The van der Waals surface area contributed by atoms with Crippen LogP contribution in [0.1, 0.15) is 109 Å². The van der Waals surface area contributed by atoms with E-state index in [2.05, 4.69) is 86.6 Å². The smallest absolute Gasteiger partial charge is 0.0316 e. The van der Waals surface area contributed by atoms with E-state index >= 15 is 0 Å².